The molecule has 2 N–H and O–H groups in total. The second-order valence-electron chi connectivity index (χ2n) is 6.11. The first-order valence-electron chi connectivity index (χ1n) is 8.82. The number of esters is 1. The van der Waals surface area contributed by atoms with Gasteiger partial charge in [-0.1, -0.05) is 35.0 Å². The zero-order valence-electron chi connectivity index (χ0n) is 15.7. The third-order valence-corrected chi connectivity index (χ3v) is 4.59. The first-order chi connectivity index (χ1) is 13.9. The molecule has 152 valence electrons. The third kappa shape index (κ3) is 3.95. The average molecular weight is 420 g/mol. The molecule has 2 aromatic rings. The molecule has 0 saturated carbocycles. The number of nitrogens with one attached hydrogen (secondary N) is 1. The van der Waals surface area contributed by atoms with Crippen molar-refractivity contribution in [2.24, 2.45) is 0 Å². The number of fused-ring (bicyclic) bond motifs is 1. The first kappa shape index (κ1) is 20.8. The Morgan fingerprint density at radius 1 is 1.24 bits per heavy atom. The van der Waals surface area contributed by atoms with E-state index in [0.717, 1.165) is 5.01 Å². The summed E-state index contributed by atoms with van der Waals surface area (Å²) in [6.07, 6.45) is 1.34. The Kier molecular flexibility index (Phi) is 6.17. The molecule has 1 atom stereocenters. The maximum atomic E-state index is 14.6. The van der Waals surface area contributed by atoms with Crippen molar-refractivity contribution in [1.82, 2.24) is 10.5 Å². The van der Waals surface area contributed by atoms with Crippen LogP contribution in [0.4, 0.5) is 14.9 Å². The van der Waals surface area contributed by atoms with E-state index in [1.165, 1.54) is 49.5 Å². The highest BCUT2D eigenvalue weighted by molar-refractivity contribution is 6.31. The highest BCUT2D eigenvalue weighted by Crippen LogP contribution is 2.38. The third-order valence-electron chi connectivity index (χ3n) is 4.35. The Labute approximate surface area is 171 Å². The van der Waals surface area contributed by atoms with Crippen molar-refractivity contribution in [3.05, 3.63) is 70.5 Å². The SMILES string of the molecule is CCOC(=O)C1C=C(c2ccccc2F)c2cc(Cl)ccc2N(C(=O)NC)N1O. The molecule has 0 spiro atoms. The summed E-state index contributed by atoms with van der Waals surface area (Å²) in [5.74, 6) is -1.35. The Morgan fingerprint density at radius 2 is 1.97 bits per heavy atom. The minimum atomic E-state index is -1.41. The zero-order chi connectivity index (χ0) is 21.1. The van der Waals surface area contributed by atoms with Crippen molar-refractivity contribution in [3.8, 4) is 0 Å². The molecule has 2 aromatic carbocycles. The summed E-state index contributed by atoms with van der Waals surface area (Å²) < 4.78 is 19.7. The van der Waals surface area contributed by atoms with Crippen LogP contribution in [0.2, 0.25) is 5.02 Å². The van der Waals surface area contributed by atoms with Crippen molar-refractivity contribution in [2.45, 2.75) is 13.0 Å². The summed E-state index contributed by atoms with van der Waals surface area (Å²) in [5.41, 5.74) is 1.02. The number of amides is 2. The van der Waals surface area contributed by atoms with E-state index in [1.54, 1.807) is 13.0 Å². The number of benzene rings is 2. The lowest BCUT2D eigenvalue weighted by molar-refractivity contribution is -0.168. The molecule has 2 amide bonds. The van der Waals surface area contributed by atoms with Gasteiger partial charge in [-0.2, -0.15) is 5.01 Å². The molecule has 0 aliphatic carbocycles. The van der Waals surface area contributed by atoms with Crippen LogP contribution in [0.3, 0.4) is 0 Å². The molecule has 0 radical (unpaired) electrons. The second kappa shape index (κ2) is 8.60. The zero-order valence-corrected chi connectivity index (χ0v) is 16.5. The molecular formula is C20H19ClFN3O4. The summed E-state index contributed by atoms with van der Waals surface area (Å²) in [7, 11) is 1.38. The van der Waals surface area contributed by atoms with Gasteiger partial charge in [-0.05, 0) is 42.8 Å². The van der Waals surface area contributed by atoms with Crippen LogP contribution in [0.5, 0.6) is 0 Å². The minimum Gasteiger partial charge on any atom is -0.464 e. The van der Waals surface area contributed by atoms with E-state index in [1.807, 2.05) is 0 Å². The number of hydroxylamine groups is 1. The Balaban J connectivity index is 2.32. The van der Waals surface area contributed by atoms with E-state index in [4.69, 9.17) is 16.3 Å². The summed E-state index contributed by atoms with van der Waals surface area (Å²) in [6, 6.07) is 8.41. The first-order valence-corrected chi connectivity index (χ1v) is 9.20. The molecule has 1 unspecified atom stereocenters. The van der Waals surface area contributed by atoms with Crippen LogP contribution in [0, 0.1) is 5.82 Å². The molecule has 0 saturated heterocycles. The number of hydrogen-bond donors (Lipinski definition) is 2. The van der Waals surface area contributed by atoms with Crippen LogP contribution in [0.1, 0.15) is 18.1 Å². The highest BCUT2D eigenvalue weighted by Gasteiger charge is 2.38. The van der Waals surface area contributed by atoms with Crippen molar-refractivity contribution in [1.29, 1.82) is 0 Å². The average Bonchev–Trinajstić information content (AvgIpc) is 2.82. The van der Waals surface area contributed by atoms with Crippen LogP contribution >= 0.6 is 11.6 Å². The van der Waals surface area contributed by atoms with Crippen LogP contribution in [-0.2, 0) is 9.53 Å². The van der Waals surface area contributed by atoms with E-state index in [2.05, 4.69) is 5.32 Å². The summed E-state index contributed by atoms with van der Waals surface area (Å²) >= 11 is 6.16. The van der Waals surface area contributed by atoms with E-state index in [0.29, 0.717) is 15.8 Å². The topological polar surface area (TPSA) is 82.1 Å². The number of hydrazine groups is 1. The van der Waals surface area contributed by atoms with Gasteiger partial charge in [0.25, 0.3) is 0 Å². The Bertz CT molecular complexity index is 982. The number of ether oxygens (including phenoxy) is 1. The standard InChI is InChI=1S/C20H19ClFN3O4/c1-3-29-19(26)18-11-14(13-6-4-5-7-16(13)22)15-10-12(21)8-9-17(15)24(25(18)28)20(27)23-2/h4-11,18,28H,3H2,1-2H3,(H,23,27). The largest absolute Gasteiger partial charge is 0.464 e. The molecule has 1 heterocycles. The normalized spacial score (nSPS) is 16.5. The van der Waals surface area contributed by atoms with Gasteiger partial charge in [-0.25, -0.2) is 14.0 Å². The minimum absolute atomic E-state index is 0.0603. The van der Waals surface area contributed by atoms with Crippen molar-refractivity contribution in [3.63, 3.8) is 0 Å². The molecular weight excluding hydrogens is 401 g/mol. The molecule has 7 nitrogen and oxygen atoms in total. The Hall–Kier alpha value is -2.94. The summed E-state index contributed by atoms with van der Waals surface area (Å²) in [5, 5.41) is 14.9. The lowest BCUT2D eigenvalue weighted by Gasteiger charge is -2.31. The van der Waals surface area contributed by atoms with Gasteiger partial charge in [0.2, 0.25) is 0 Å². The fourth-order valence-electron chi connectivity index (χ4n) is 3.07. The van der Waals surface area contributed by atoms with E-state index in [-0.39, 0.29) is 23.4 Å². The van der Waals surface area contributed by atoms with Crippen LogP contribution in [0.25, 0.3) is 5.57 Å². The van der Waals surface area contributed by atoms with Gasteiger partial charge in [0, 0.05) is 23.2 Å². The smallest absolute Gasteiger partial charge is 0.338 e. The van der Waals surface area contributed by atoms with Gasteiger partial charge in [-0.15, -0.1) is 0 Å². The lowest BCUT2D eigenvalue weighted by atomic mass is 9.94. The van der Waals surface area contributed by atoms with Crippen LogP contribution < -0.4 is 10.3 Å². The number of carbonyl (C=O) groups is 2. The number of urea groups is 1. The van der Waals surface area contributed by atoms with Crippen molar-refractivity contribution < 1.29 is 23.9 Å². The van der Waals surface area contributed by atoms with E-state index >= 15 is 0 Å². The Morgan fingerprint density at radius 3 is 2.62 bits per heavy atom. The number of anilines is 1. The number of hydrogen-bond acceptors (Lipinski definition) is 5. The lowest BCUT2D eigenvalue weighted by Crippen LogP contribution is -2.54. The second-order valence-corrected chi connectivity index (χ2v) is 6.54. The van der Waals surface area contributed by atoms with Crippen molar-refractivity contribution >= 4 is 34.9 Å². The number of nitrogens with zero attached hydrogens (tertiary/aromatic N) is 2. The number of carbonyl (C=O) groups excluding carboxylic acids is 2. The monoisotopic (exact) mass is 419 g/mol. The number of rotatable bonds is 3. The molecule has 0 aromatic heterocycles. The van der Waals surface area contributed by atoms with Crippen LogP contribution in [-0.4, -0.2) is 42.1 Å². The molecule has 0 fully saturated rings. The van der Waals surface area contributed by atoms with Crippen molar-refractivity contribution in [2.75, 3.05) is 18.7 Å². The van der Waals surface area contributed by atoms with Gasteiger partial charge < -0.3 is 10.1 Å². The van der Waals surface area contributed by atoms with Gasteiger partial charge in [-0.3, -0.25) is 5.21 Å². The fraction of sp³-hybridized carbons (Fsp3) is 0.200. The molecule has 1 aliphatic heterocycles. The van der Waals surface area contributed by atoms with E-state index < -0.39 is 23.9 Å². The van der Waals surface area contributed by atoms with Gasteiger partial charge >= 0.3 is 12.0 Å². The fourth-order valence-corrected chi connectivity index (χ4v) is 3.24. The predicted molar refractivity (Wildman–Crippen MR) is 106 cm³/mol. The highest BCUT2D eigenvalue weighted by atomic mass is 35.5. The maximum Gasteiger partial charge on any atom is 0.338 e. The van der Waals surface area contributed by atoms with Gasteiger partial charge in [0.15, 0.2) is 6.04 Å². The molecule has 1 aliphatic rings. The maximum absolute atomic E-state index is 14.6. The molecule has 3 rings (SSSR count). The molecule has 0 bridgehead atoms. The summed E-state index contributed by atoms with van der Waals surface area (Å²) in [6.45, 7) is 1.67. The van der Waals surface area contributed by atoms with E-state index in [9.17, 15) is 19.2 Å². The molecule has 9 heteroatoms. The van der Waals surface area contributed by atoms with Gasteiger partial charge in [0.05, 0.1) is 12.3 Å². The van der Waals surface area contributed by atoms with Crippen LogP contribution in [0.15, 0.2) is 48.5 Å². The molecule has 29 heavy (non-hydrogen) atoms. The van der Waals surface area contributed by atoms with Gasteiger partial charge in [0.1, 0.15) is 5.82 Å². The summed E-state index contributed by atoms with van der Waals surface area (Å²) in [4.78, 5) is 25.1. The number of halogens is 2. The predicted octanol–water partition coefficient (Wildman–Crippen LogP) is 3.61. The quantitative estimate of drug-likeness (QED) is 0.743.